The van der Waals surface area contributed by atoms with E-state index in [4.69, 9.17) is 27.9 Å². The van der Waals surface area contributed by atoms with Crippen molar-refractivity contribution < 1.29 is 14.3 Å². The van der Waals surface area contributed by atoms with Crippen LogP contribution < -0.4 is 20.7 Å². The Morgan fingerprint density at radius 2 is 1.85 bits per heavy atom. The van der Waals surface area contributed by atoms with E-state index in [9.17, 15) is 14.9 Å². The maximum atomic E-state index is 14.2. The van der Waals surface area contributed by atoms with Gasteiger partial charge >= 0.3 is 0 Å². The summed E-state index contributed by atoms with van der Waals surface area (Å²) in [6.45, 7) is 6.34. The number of benzene rings is 3. The number of nitriles is 1. The first-order valence-electron chi connectivity index (χ1n) is 13.0. The molecule has 0 unspecified atom stereocenters. The van der Waals surface area contributed by atoms with Crippen molar-refractivity contribution in [2.45, 2.75) is 50.6 Å². The minimum Gasteiger partial charge on any atom is -0.495 e. The molecule has 0 radical (unpaired) electrons. The Balaban J connectivity index is 1.68. The second-order valence-corrected chi connectivity index (χ2v) is 12.4. The number of rotatable bonds is 5. The number of hydrogen-bond acceptors (Lipinski definition) is 5. The predicted molar refractivity (Wildman–Crippen MR) is 157 cm³/mol. The predicted octanol–water partition coefficient (Wildman–Crippen LogP) is 6.26. The van der Waals surface area contributed by atoms with Gasteiger partial charge in [-0.3, -0.25) is 9.59 Å². The van der Waals surface area contributed by atoms with E-state index >= 15 is 0 Å². The molecule has 9 heteroatoms. The lowest BCUT2D eigenvalue weighted by Crippen LogP contribution is -2.49. The lowest BCUT2D eigenvalue weighted by atomic mass is 9.62. The molecule has 2 heterocycles. The summed E-state index contributed by atoms with van der Waals surface area (Å²) in [6, 6.07) is 18.4. The van der Waals surface area contributed by atoms with Crippen LogP contribution in [0.15, 0.2) is 60.7 Å². The lowest BCUT2D eigenvalue weighted by molar-refractivity contribution is -0.122. The van der Waals surface area contributed by atoms with Gasteiger partial charge < -0.3 is 20.7 Å². The highest BCUT2D eigenvalue weighted by molar-refractivity contribution is 6.31. The molecule has 1 spiro atoms. The summed E-state index contributed by atoms with van der Waals surface area (Å²) < 4.78 is 5.45. The number of hydrogen-bond donors (Lipinski definition) is 3. The fourth-order valence-electron chi connectivity index (χ4n) is 6.20. The molecule has 4 atom stereocenters. The third-order valence-electron chi connectivity index (χ3n) is 7.70. The Morgan fingerprint density at radius 3 is 2.52 bits per heavy atom. The van der Waals surface area contributed by atoms with Gasteiger partial charge in [0.15, 0.2) is 0 Å². The third kappa shape index (κ3) is 4.81. The van der Waals surface area contributed by atoms with Crippen LogP contribution in [-0.4, -0.2) is 31.0 Å². The number of carbonyl (C=O) groups is 2. The molecular formula is C31H30Cl2N4O3. The van der Waals surface area contributed by atoms with Crippen LogP contribution >= 0.6 is 23.2 Å². The second kappa shape index (κ2) is 10.4. The van der Waals surface area contributed by atoms with Crippen molar-refractivity contribution >= 4 is 46.4 Å². The molecule has 2 aliphatic heterocycles. The van der Waals surface area contributed by atoms with Crippen LogP contribution in [-0.2, 0) is 15.0 Å². The van der Waals surface area contributed by atoms with Crippen LogP contribution in [0.2, 0.25) is 10.0 Å². The average molecular weight is 578 g/mol. The van der Waals surface area contributed by atoms with Crippen LogP contribution in [0.5, 0.6) is 5.75 Å². The van der Waals surface area contributed by atoms with E-state index in [1.807, 2.05) is 24.3 Å². The molecule has 3 aromatic rings. The number of nitrogens with one attached hydrogen (secondary N) is 3. The fourth-order valence-corrected chi connectivity index (χ4v) is 6.57. The highest BCUT2D eigenvalue weighted by Gasteiger charge is 2.65. The Bertz CT molecular complexity index is 1540. The second-order valence-electron chi connectivity index (χ2n) is 11.5. The van der Waals surface area contributed by atoms with Gasteiger partial charge in [0.05, 0.1) is 30.5 Å². The summed E-state index contributed by atoms with van der Waals surface area (Å²) in [5.41, 5.74) is 1.75. The number of amides is 2. The number of methoxy groups -OCH3 is 1. The molecule has 5 rings (SSSR count). The van der Waals surface area contributed by atoms with E-state index in [1.54, 1.807) is 36.4 Å². The summed E-state index contributed by atoms with van der Waals surface area (Å²) in [4.78, 5) is 28.4. The van der Waals surface area contributed by atoms with Crippen molar-refractivity contribution in [1.29, 1.82) is 5.26 Å². The minimum atomic E-state index is -1.12. The van der Waals surface area contributed by atoms with E-state index in [0.29, 0.717) is 39.2 Å². The van der Waals surface area contributed by atoms with Crippen LogP contribution in [0, 0.1) is 16.7 Å². The lowest BCUT2D eigenvalue weighted by Gasteiger charge is -2.37. The van der Waals surface area contributed by atoms with E-state index in [1.165, 1.54) is 7.11 Å². The van der Waals surface area contributed by atoms with Gasteiger partial charge in [0.2, 0.25) is 11.8 Å². The average Bonchev–Trinajstić information content (AvgIpc) is 3.37. The van der Waals surface area contributed by atoms with Gasteiger partial charge in [0.25, 0.3) is 0 Å². The molecule has 0 bridgehead atoms. The maximum absolute atomic E-state index is 14.2. The van der Waals surface area contributed by atoms with Gasteiger partial charge in [-0.25, -0.2) is 0 Å². The largest absolute Gasteiger partial charge is 0.495 e. The number of ether oxygens (including phenoxy) is 1. The zero-order chi connectivity index (χ0) is 28.8. The Kier molecular flexibility index (Phi) is 7.30. The number of halogens is 2. The molecule has 1 fully saturated rings. The quantitative estimate of drug-likeness (QED) is 0.332. The molecule has 0 aromatic heterocycles. The normalized spacial score (nSPS) is 23.4. The van der Waals surface area contributed by atoms with Crippen LogP contribution in [0.4, 0.5) is 11.4 Å². The molecule has 0 aliphatic carbocycles. The number of anilines is 2. The van der Waals surface area contributed by atoms with Gasteiger partial charge in [0, 0.05) is 33.8 Å². The monoisotopic (exact) mass is 576 g/mol. The molecule has 2 aliphatic rings. The summed E-state index contributed by atoms with van der Waals surface area (Å²) in [6.07, 6.45) is 0.615. The van der Waals surface area contributed by atoms with E-state index in [0.717, 1.165) is 11.1 Å². The van der Waals surface area contributed by atoms with Crippen LogP contribution in [0.3, 0.4) is 0 Å². The Hall–Kier alpha value is -3.57. The van der Waals surface area contributed by atoms with Crippen LogP contribution in [0.1, 0.15) is 49.8 Å². The van der Waals surface area contributed by atoms with Gasteiger partial charge in [0.1, 0.15) is 11.2 Å². The van der Waals surface area contributed by atoms with Gasteiger partial charge in [-0.05, 0) is 59.4 Å². The van der Waals surface area contributed by atoms with Gasteiger partial charge in [-0.15, -0.1) is 0 Å². The first kappa shape index (κ1) is 28.0. The van der Waals surface area contributed by atoms with E-state index < -0.39 is 23.4 Å². The standard InChI is InChI=1S/C31H30Cl2N4O3/c1-30(2,3)15-25-31(21-10-9-20(33)14-23(21)36-29(31)39)26(18-6-5-7-19(32)13-18)27(37-25)28(38)35-22-11-8-17(16-34)12-24(22)40-4/h5-14,25-27,37H,15H2,1-4H3,(H,35,38)(H,36,39)/t25-,26-,27+,31+/m0/s1. The van der Waals surface area contributed by atoms with E-state index in [2.05, 4.69) is 42.8 Å². The Labute approximate surface area is 243 Å². The molecule has 206 valence electrons. The fraction of sp³-hybridized carbons (Fsp3) is 0.323. The molecule has 1 saturated heterocycles. The van der Waals surface area contributed by atoms with Gasteiger partial charge in [-0.1, -0.05) is 62.2 Å². The van der Waals surface area contributed by atoms with Crippen molar-refractivity contribution in [2.75, 3.05) is 17.7 Å². The summed E-state index contributed by atoms with van der Waals surface area (Å²) in [5, 5.41) is 19.9. The molecule has 3 N–H and O–H groups in total. The highest BCUT2D eigenvalue weighted by atomic mass is 35.5. The summed E-state index contributed by atoms with van der Waals surface area (Å²) >= 11 is 12.8. The van der Waals surface area contributed by atoms with Crippen molar-refractivity contribution in [3.63, 3.8) is 0 Å². The molecular weight excluding hydrogens is 547 g/mol. The van der Waals surface area contributed by atoms with Gasteiger partial charge in [-0.2, -0.15) is 5.26 Å². The maximum Gasteiger partial charge on any atom is 0.242 e. The number of fused-ring (bicyclic) bond motifs is 2. The highest BCUT2D eigenvalue weighted by Crippen LogP contribution is 2.56. The smallest absolute Gasteiger partial charge is 0.242 e. The van der Waals surface area contributed by atoms with Crippen molar-refractivity contribution in [2.24, 2.45) is 5.41 Å². The minimum absolute atomic E-state index is 0.166. The number of nitrogens with zero attached hydrogens (tertiary/aromatic N) is 1. The first-order chi connectivity index (χ1) is 19.0. The molecule has 0 saturated carbocycles. The molecule has 2 amide bonds. The molecule has 40 heavy (non-hydrogen) atoms. The third-order valence-corrected chi connectivity index (χ3v) is 8.17. The number of carbonyl (C=O) groups excluding carboxylic acids is 2. The first-order valence-corrected chi connectivity index (χ1v) is 13.8. The summed E-state index contributed by atoms with van der Waals surface area (Å²) in [5.74, 6) is -0.767. The summed E-state index contributed by atoms with van der Waals surface area (Å²) in [7, 11) is 1.48. The van der Waals surface area contributed by atoms with E-state index in [-0.39, 0.29) is 17.2 Å². The van der Waals surface area contributed by atoms with Crippen molar-refractivity contribution in [1.82, 2.24) is 5.32 Å². The molecule has 7 nitrogen and oxygen atoms in total. The van der Waals surface area contributed by atoms with Crippen molar-refractivity contribution in [3.05, 3.63) is 87.4 Å². The zero-order valence-corrected chi connectivity index (χ0v) is 24.2. The van der Waals surface area contributed by atoms with Crippen LogP contribution in [0.25, 0.3) is 0 Å². The Morgan fingerprint density at radius 1 is 1.10 bits per heavy atom. The topological polar surface area (TPSA) is 103 Å². The zero-order valence-electron chi connectivity index (χ0n) is 22.6. The molecule has 3 aromatic carbocycles. The van der Waals surface area contributed by atoms with Crippen molar-refractivity contribution in [3.8, 4) is 11.8 Å². The SMILES string of the molecule is COc1cc(C#N)ccc1NC(=O)[C@@H]1N[C@@H](CC(C)(C)C)[C@@]2(C(=O)Nc3cc(Cl)ccc32)[C@H]1c1cccc(Cl)c1.